The first kappa shape index (κ1) is 24.0. The molecule has 1 heterocycles. The Hall–Kier alpha value is -3.17. The predicted octanol–water partition coefficient (Wildman–Crippen LogP) is 5.23. The molecule has 34 heavy (non-hydrogen) atoms. The maximum Gasteiger partial charge on any atom is 0.276 e. The normalized spacial score (nSPS) is 17.7. The average molecular weight is 502 g/mol. The van der Waals surface area contributed by atoms with E-state index in [1.807, 2.05) is 0 Å². The van der Waals surface area contributed by atoms with E-state index in [4.69, 9.17) is 33.3 Å². The van der Waals surface area contributed by atoms with Crippen molar-refractivity contribution in [1.82, 2.24) is 10.2 Å². The molecule has 1 saturated carbocycles. The van der Waals surface area contributed by atoms with Gasteiger partial charge in [0, 0.05) is 18.2 Å². The lowest BCUT2D eigenvalue weighted by Gasteiger charge is -2.29. The number of methoxy groups -OCH3 is 1. The molecule has 0 aromatic heterocycles. The summed E-state index contributed by atoms with van der Waals surface area (Å²) in [5.74, 6) is 0.610. The van der Waals surface area contributed by atoms with Crippen molar-refractivity contribution in [3.63, 3.8) is 0 Å². The van der Waals surface area contributed by atoms with Crippen molar-refractivity contribution in [2.75, 3.05) is 7.11 Å². The molecular weight excluding hydrogens is 478 g/mol. The summed E-state index contributed by atoms with van der Waals surface area (Å²) in [6.45, 7) is 0.152. The number of carbonyl (C=O) groups excluding carboxylic acids is 1. The number of ether oxygens (including phenoxy) is 2. The number of nitro benzene ring substituents is 1. The maximum absolute atomic E-state index is 13.0. The number of nitro groups is 1. The molecule has 0 spiro atoms. The van der Waals surface area contributed by atoms with Crippen molar-refractivity contribution in [3.8, 4) is 11.5 Å². The van der Waals surface area contributed by atoms with Gasteiger partial charge in [0.15, 0.2) is 16.6 Å². The minimum atomic E-state index is -0.456. The van der Waals surface area contributed by atoms with E-state index >= 15 is 0 Å². The van der Waals surface area contributed by atoms with E-state index < -0.39 is 4.92 Å². The highest BCUT2D eigenvalue weighted by atomic mass is 35.5. The summed E-state index contributed by atoms with van der Waals surface area (Å²) in [6, 6.07) is 9.62. The first-order valence-electron chi connectivity index (χ1n) is 11.0. The Bertz CT molecular complexity index is 1150. The second-order valence-electron chi connectivity index (χ2n) is 8.20. The highest BCUT2D eigenvalue weighted by Crippen LogP contribution is 2.38. The van der Waals surface area contributed by atoms with Gasteiger partial charge in [-0.3, -0.25) is 19.8 Å². The zero-order valence-corrected chi connectivity index (χ0v) is 20.2. The van der Waals surface area contributed by atoms with E-state index in [9.17, 15) is 14.9 Å². The topological polar surface area (TPSA) is 93.9 Å². The summed E-state index contributed by atoms with van der Waals surface area (Å²) in [5.41, 5.74) is 1.81. The number of benzene rings is 2. The number of halogens is 1. The Morgan fingerprint density at radius 2 is 1.94 bits per heavy atom. The van der Waals surface area contributed by atoms with Gasteiger partial charge in [-0.25, -0.2) is 0 Å². The number of rotatable bonds is 7. The summed E-state index contributed by atoms with van der Waals surface area (Å²) in [7, 11) is 1.50. The van der Waals surface area contributed by atoms with Crippen molar-refractivity contribution in [2.45, 2.75) is 44.8 Å². The zero-order valence-electron chi connectivity index (χ0n) is 18.6. The molecule has 0 atom stereocenters. The molecule has 10 heteroatoms. The molecule has 1 N–H and O–H groups in total. The number of hydrogen-bond acceptors (Lipinski definition) is 6. The molecule has 2 fully saturated rings. The van der Waals surface area contributed by atoms with Crippen LogP contribution in [0.1, 0.15) is 43.2 Å². The molecule has 0 radical (unpaired) electrons. The van der Waals surface area contributed by atoms with Crippen LogP contribution in [-0.2, 0) is 11.4 Å². The number of non-ortho nitro benzene ring substituents is 1. The van der Waals surface area contributed by atoms with E-state index in [-0.39, 0.29) is 24.2 Å². The van der Waals surface area contributed by atoms with E-state index in [1.165, 1.54) is 25.7 Å². The van der Waals surface area contributed by atoms with Gasteiger partial charge in [-0.1, -0.05) is 30.9 Å². The minimum Gasteiger partial charge on any atom is -0.493 e. The molecule has 178 valence electrons. The molecule has 1 saturated heterocycles. The Balaban J connectivity index is 1.51. The summed E-state index contributed by atoms with van der Waals surface area (Å²) >= 11 is 11.9. The van der Waals surface area contributed by atoms with Crippen molar-refractivity contribution in [2.24, 2.45) is 0 Å². The van der Waals surface area contributed by atoms with Crippen LogP contribution in [0.4, 0.5) is 5.69 Å². The number of hydrogen-bond donors (Lipinski definition) is 1. The average Bonchev–Trinajstić information content (AvgIpc) is 3.11. The fourth-order valence-corrected chi connectivity index (χ4v) is 4.83. The van der Waals surface area contributed by atoms with Crippen molar-refractivity contribution in [1.29, 1.82) is 0 Å². The summed E-state index contributed by atoms with van der Waals surface area (Å²) in [6.07, 6.45) is 7.02. The first-order valence-corrected chi connectivity index (χ1v) is 11.8. The Morgan fingerprint density at radius 3 is 2.59 bits per heavy atom. The second-order valence-corrected chi connectivity index (χ2v) is 9.00. The fourth-order valence-electron chi connectivity index (χ4n) is 4.22. The molecule has 1 aliphatic carbocycles. The van der Waals surface area contributed by atoms with Gasteiger partial charge in [0.25, 0.3) is 11.6 Å². The molecule has 2 aromatic rings. The van der Waals surface area contributed by atoms with Gasteiger partial charge in [0.1, 0.15) is 12.3 Å². The fraction of sp³-hybridized carbons (Fsp3) is 0.333. The molecule has 8 nitrogen and oxygen atoms in total. The van der Waals surface area contributed by atoms with Gasteiger partial charge >= 0.3 is 0 Å². The van der Waals surface area contributed by atoms with Crippen LogP contribution in [0.5, 0.6) is 11.5 Å². The number of nitrogens with one attached hydrogen (secondary N) is 1. The molecule has 1 aliphatic heterocycles. The van der Waals surface area contributed by atoms with Crippen LogP contribution in [0.3, 0.4) is 0 Å². The third kappa shape index (κ3) is 5.15. The van der Waals surface area contributed by atoms with E-state index in [0.29, 0.717) is 32.9 Å². The lowest BCUT2D eigenvalue weighted by molar-refractivity contribution is -0.384. The lowest BCUT2D eigenvalue weighted by atomic mass is 9.94. The van der Waals surface area contributed by atoms with Crippen molar-refractivity contribution < 1.29 is 19.2 Å². The number of amides is 1. The second kappa shape index (κ2) is 10.4. The quantitative estimate of drug-likeness (QED) is 0.240. The van der Waals surface area contributed by atoms with Crippen molar-refractivity contribution in [3.05, 3.63) is 68.4 Å². The third-order valence-corrected chi connectivity index (χ3v) is 6.52. The van der Waals surface area contributed by atoms with Crippen LogP contribution >= 0.6 is 23.8 Å². The molecular formula is C24H24ClN3O5S. The molecule has 1 amide bonds. The van der Waals surface area contributed by atoms with Gasteiger partial charge in [0.05, 0.1) is 17.1 Å². The zero-order chi connectivity index (χ0) is 24.2. The number of thiocarbonyl (C=S) groups is 1. The SMILES string of the molecule is COc1cc(/C=C2\NC(=S)N(C3CCCCC3)C2=O)cc(Cl)c1OCc1ccc([N+](=O)[O-])cc1. The van der Waals surface area contributed by atoms with E-state index in [2.05, 4.69) is 5.32 Å². The van der Waals surface area contributed by atoms with Crippen LogP contribution in [0, 0.1) is 10.1 Å². The minimum absolute atomic E-state index is 0.00774. The standard InChI is InChI=1S/C24H24ClN3O5S/c1-32-21-13-16(12-20-23(29)27(24(34)26-20)17-5-3-2-4-6-17)11-19(25)22(21)33-14-15-7-9-18(10-8-15)28(30)31/h7-13,17H,2-6,14H2,1H3,(H,26,34)/b20-12-. The van der Waals surface area contributed by atoms with Crippen LogP contribution < -0.4 is 14.8 Å². The molecule has 0 bridgehead atoms. The van der Waals surface area contributed by atoms with Crippen LogP contribution in [-0.4, -0.2) is 34.0 Å². The Labute approximate surface area is 207 Å². The lowest BCUT2D eigenvalue weighted by Crippen LogP contribution is -2.41. The summed E-state index contributed by atoms with van der Waals surface area (Å²) in [5, 5.41) is 14.6. The highest BCUT2D eigenvalue weighted by Gasteiger charge is 2.36. The van der Waals surface area contributed by atoms with Gasteiger partial charge < -0.3 is 14.8 Å². The van der Waals surface area contributed by atoms with E-state index in [1.54, 1.807) is 35.2 Å². The molecule has 2 aromatic carbocycles. The van der Waals surface area contributed by atoms with Crippen molar-refractivity contribution >= 4 is 46.6 Å². The van der Waals surface area contributed by atoms with Gasteiger partial charge in [-0.2, -0.15) is 0 Å². The van der Waals surface area contributed by atoms with Crippen LogP contribution in [0.25, 0.3) is 6.08 Å². The van der Waals surface area contributed by atoms with Gasteiger partial charge in [-0.15, -0.1) is 0 Å². The van der Waals surface area contributed by atoms with Crippen LogP contribution in [0.2, 0.25) is 5.02 Å². The number of nitrogens with zero attached hydrogens (tertiary/aromatic N) is 2. The highest BCUT2D eigenvalue weighted by molar-refractivity contribution is 7.80. The molecule has 0 unspecified atom stereocenters. The largest absolute Gasteiger partial charge is 0.493 e. The molecule has 2 aliphatic rings. The predicted molar refractivity (Wildman–Crippen MR) is 133 cm³/mol. The summed E-state index contributed by atoms with van der Waals surface area (Å²) in [4.78, 5) is 25.1. The van der Waals surface area contributed by atoms with E-state index in [0.717, 1.165) is 31.2 Å². The van der Waals surface area contributed by atoms with Gasteiger partial charge in [0.2, 0.25) is 0 Å². The Morgan fingerprint density at radius 1 is 1.24 bits per heavy atom. The molecule has 4 rings (SSSR count). The maximum atomic E-state index is 13.0. The monoisotopic (exact) mass is 501 g/mol. The third-order valence-electron chi connectivity index (χ3n) is 5.94. The first-order chi connectivity index (χ1) is 16.4. The smallest absolute Gasteiger partial charge is 0.276 e. The summed E-state index contributed by atoms with van der Waals surface area (Å²) < 4.78 is 11.3. The van der Waals surface area contributed by atoms with Gasteiger partial charge in [-0.05, 0) is 66.5 Å². The Kier molecular flexibility index (Phi) is 7.33. The number of carbonyl (C=O) groups is 1. The van der Waals surface area contributed by atoms with Crippen LogP contribution in [0.15, 0.2) is 42.1 Å².